The van der Waals surface area contributed by atoms with Gasteiger partial charge in [0, 0.05) is 11.0 Å². The predicted octanol–water partition coefficient (Wildman–Crippen LogP) is 3.23. The van der Waals surface area contributed by atoms with Crippen LogP contribution in [-0.4, -0.2) is 11.1 Å². The molecule has 0 aromatic heterocycles. The van der Waals surface area contributed by atoms with Gasteiger partial charge in [0.05, 0.1) is 0 Å². The summed E-state index contributed by atoms with van der Waals surface area (Å²) in [6.07, 6.45) is 6.34. The highest BCUT2D eigenvalue weighted by molar-refractivity contribution is 5.89. The quantitative estimate of drug-likeness (QED) is 0.718. The first kappa shape index (κ1) is 10.7. The van der Waals surface area contributed by atoms with Gasteiger partial charge < -0.3 is 5.11 Å². The molecule has 0 aromatic rings. The first-order chi connectivity index (χ1) is 6.88. The third kappa shape index (κ3) is 1.42. The van der Waals surface area contributed by atoms with E-state index in [1.807, 2.05) is 6.08 Å². The molecule has 0 aromatic carbocycles. The number of fused-ring (bicyclic) bond motifs is 1. The van der Waals surface area contributed by atoms with E-state index in [4.69, 9.17) is 0 Å². The number of hydrogen-bond donors (Lipinski definition) is 1. The fourth-order valence-corrected chi connectivity index (χ4v) is 3.82. The van der Waals surface area contributed by atoms with Crippen LogP contribution in [0, 0.1) is 16.7 Å². The maximum absolute atomic E-state index is 11.2. The van der Waals surface area contributed by atoms with Crippen molar-refractivity contribution in [2.75, 3.05) is 0 Å². The van der Waals surface area contributed by atoms with Crippen LogP contribution in [-0.2, 0) is 4.79 Å². The van der Waals surface area contributed by atoms with Gasteiger partial charge in [-0.15, -0.1) is 0 Å². The van der Waals surface area contributed by atoms with Crippen molar-refractivity contribution in [1.82, 2.24) is 0 Å². The highest BCUT2D eigenvalue weighted by atomic mass is 16.4. The van der Waals surface area contributed by atoms with E-state index in [9.17, 15) is 9.90 Å². The molecule has 0 aliphatic heterocycles. The van der Waals surface area contributed by atoms with Crippen LogP contribution in [0.5, 0.6) is 0 Å². The topological polar surface area (TPSA) is 37.3 Å². The lowest BCUT2D eigenvalue weighted by Gasteiger charge is -2.48. The summed E-state index contributed by atoms with van der Waals surface area (Å²) < 4.78 is 0. The second-order valence-corrected chi connectivity index (χ2v) is 5.97. The van der Waals surface area contributed by atoms with Gasteiger partial charge in [0.15, 0.2) is 0 Å². The fourth-order valence-electron chi connectivity index (χ4n) is 3.82. The minimum Gasteiger partial charge on any atom is -0.478 e. The lowest BCUT2D eigenvalue weighted by Crippen LogP contribution is -2.41. The van der Waals surface area contributed by atoms with Gasteiger partial charge in [-0.3, -0.25) is 0 Å². The van der Waals surface area contributed by atoms with Crippen molar-refractivity contribution in [1.29, 1.82) is 0 Å². The van der Waals surface area contributed by atoms with Gasteiger partial charge in [0.25, 0.3) is 0 Å². The van der Waals surface area contributed by atoms with Gasteiger partial charge in [0.1, 0.15) is 0 Å². The molecule has 0 heterocycles. The molecule has 0 amide bonds. The SMILES string of the molecule is CC1(C)CCCC2(C)C(C(=O)O)=CCC12. The number of aliphatic carboxylic acids is 1. The molecule has 0 spiro atoms. The maximum atomic E-state index is 11.2. The van der Waals surface area contributed by atoms with Crippen LogP contribution in [0.3, 0.4) is 0 Å². The van der Waals surface area contributed by atoms with Crippen molar-refractivity contribution in [2.45, 2.75) is 46.5 Å². The number of carboxylic acid groups (broad SMARTS) is 1. The van der Waals surface area contributed by atoms with E-state index in [2.05, 4.69) is 20.8 Å². The molecule has 0 bridgehead atoms. The summed E-state index contributed by atoms with van der Waals surface area (Å²) in [6.45, 7) is 6.72. The summed E-state index contributed by atoms with van der Waals surface area (Å²) in [4.78, 5) is 11.2. The molecule has 2 aliphatic carbocycles. The highest BCUT2D eigenvalue weighted by Gasteiger charge is 2.52. The number of allylic oxidation sites excluding steroid dienone is 1. The predicted molar refractivity (Wildman–Crippen MR) is 59.6 cm³/mol. The molecule has 2 atom stereocenters. The first-order valence-corrected chi connectivity index (χ1v) is 5.82. The van der Waals surface area contributed by atoms with Crippen LogP contribution < -0.4 is 0 Å². The highest BCUT2D eigenvalue weighted by Crippen LogP contribution is 2.59. The Kier molecular flexibility index (Phi) is 2.21. The molecule has 2 rings (SSSR count). The second-order valence-electron chi connectivity index (χ2n) is 5.97. The Bertz CT molecular complexity index is 327. The lowest BCUT2D eigenvalue weighted by atomic mass is 9.56. The smallest absolute Gasteiger partial charge is 0.331 e. The minimum absolute atomic E-state index is 0.0758. The van der Waals surface area contributed by atoms with E-state index in [1.54, 1.807) is 0 Å². The van der Waals surface area contributed by atoms with Gasteiger partial charge in [-0.05, 0) is 30.6 Å². The Morgan fingerprint density at radius 3 is 2.67 bits per heavy atom. The molecule has 84 valence electrons. The first-order valence-electron chi connectivity index (χ1n) is 5.82. The zero-order valence-electron chi connectivity index (χ0n) is 9.84. The van der Waals surface area contributed by atoms with Crippen molar-refractivity contribution >= 4 is 5.97 Å². The standard InChI is InChI=1S/C13H20O2/c1-12(2)7-4-8-13(3)9(11(14)15)5-6-10(12)13/h5,10H,4,6-8H2,1-3H3,(H,14,15). The van der Waals surface area contributed by atoms with Gasteiger partial charge >= 0.3 is 5.97 Å². The van der Waals surface area contributed by atoms with Gasteiger partial charge in [-0.25, -0.2) is 4.79 Å². The van der Waals surface area contributed by atoms with Gasteiger partial charge in [0.2, 0.25) is 0 Å². The minimum atomic E-state index is -0.710. The zero-order chi connectivity index (χ0) is 11.3. The van der Waals surface area contributed by atoms with Crippen LogP contribution >= 0.6 is 0 Å². The summed E-state index contributed by atoms with van der Waals surface area (Å²) in [5, 5.41) is 9.22. The molecule has 2 unspecified atom stereocenters. The Hall–Kier alpha value is -0.790. The van der Waals surface area contributed by atoms with E-state index >= 15 is 0 Å². The maximum Gasteiger partial charge on any atom is 0.331 e. The fraction of sp³-hybridized carbons (Fsp3) is 0.769. The molecular weight excluding hydrogens is 188 g/mol. The molecule has 2 nitrogen and oxygen atoms in total. The molecule has 2 aliphatic rings. The molecule has 2 heteroatoms. The van der Waals surface area contributed by atoms with E-state index in [-0.39, 0.29) is 5.41 Å². The average Bonchev–Trinajstić information content (AvgIpc) is 2.42. The Labute approximate surface area is 91.4 Å². The van der Waals surface area contributed by atoms with Gasteiger partial charge in [-0.1, -0.05) is 33.3 Å². The van der Waals surface area contributed by atoms with E-state index < -0.39 is 5.97 Å². The van der Waals surface area contributed by atoms with Crippen LogP contribution in [0.1, 0.15) is 46.5 Å². The molecule has 15 heavy (non-hydrogen) atoms. The largest absolute Gasteiger partial charge is 0.478 e. The summed E-state index contributed by atoms with van der Waals surface area (Å²) >= 11 is 0. The number of carbonyl (C=O) groups is 1. The monoisotopic (exact) mass is 208 g/mol. The number of rotatable bonds is 1. The summed E-state index contributed by atoms with van der Waals surface area (Å²) in [6, 6.07) is 0. The number of hydrogen-bond acceptors (Lipinski definition) is 1. The van der Waals surface area contributed by atoms with Crippen LogP contribution in [0.4, 0.5) is 0 Å². The number of carboxylic acids is 1. The summed E-state index contributed by atoms with van der Waals surface area (Å²) in [7, 11) is 0. The molecule has 1 fully saturated rings. The zero-order valence-corrected chi connectivity index (χ0v) is 9.84. The van der Waals surface area contributed by atoms with E-state index in [0.29, 0.717) is 16.9 Å². The normalized spacial score (nSPS) is 38.3. The Morgan fingerprint density at radius 2 is 2.07 bits per heavy atom. The van der Waals surface area contributed by atoms with Crippen LogP contribution in [0.2, 0.25) is 0 Å². The molecule has 1 N–H and O–H groups in total. The molecule has 0 radical (unpaired) electrons. The van der Waals surface area contributed by atoms with E-state index in [1.165, 1.54) is 6.42 Å². The Balaban J connectivity index is 2.36. The van der Waals surface area contributed by atoms with Crippen molar-refractivity contribution in [3.63, 3.8) is 0 Å². The third-order valence-electron chi connectivity index (χ3n) is 4.63. The summed E-state index contributed by atoms with van der Waals surface area (Å²) in [5.74, 6) is -0.192. The van der Waals surface area contributed by atoms with Gasteiger partial charge in [-0.2, -0.15) is 0 Å². The van der Waals surface area contributed by atoms with Crippen molar-refractivity contribution < 1.29 is 9.90 Å². The third-order valence-corrected chi connectivity index (χ3v) is 4.63. The molecular formula is C13H20O2. The van der Waals surface area contributed by atoms with Crippen molar-refractivity contribution in [3.8, 4) is 0 Å². The summed E-state index contributed by atoms with van der Waals surface area (Å²) in [5.41, 5.74) is 0.883. The lowest BCUT2D eigenvalue weighted by molar-refractivity contribution is -0.134. The average molecular weight is 208 g/mol. The molecule has 0 saturated heterocycles. The van der Waals surface area contributed by atoms with Crippen LogP contribution in [0.25, 0.3) is 0 Å². The Morgan fingerprint density at radius 1 is 1.40 bits per heavy atom. The molecule has 1 saturated carbocycles. The van der Waals surface area contributed by atoms with Crippen molar-refractivity contribution in [3.05, 3.63) is 11.6 Å². The second kappa shape index (κ2) is 3.10. The van der Waals surface area contributed by atoms with Crippen molar-refractivity contribution in [2.24, 2.45) is 16.7 Å². The van der Waals surface area contributed by atoms with Crippen LogP contribution in [0.15, 0.2) is 11.6 Å². The van der Waals surface area contributed by atoms with E-state index in [0.717, 1.165) is 19.3 Å².